The number of halogens is 1. The molecule has 1 N–H and O–H groups in total. The molecule has 2 heterocycles. The summed E-state index contributed by atoms with van der Waals surface area (Å²) in [6, 6.07) is 1.75. The topological polar surface area (TPSA) is 68.0 Å². The van der Waals surface area contributed by atoms with E-state index in [2.05, 4.69) is 16.9 Å². The quantitative estimate of drug-likeness (QED) is 0.904. The predicted molar refractivity (Wildman–Crippen MR) is 68.8 cm³/mol. The number of fused-ring (bicyclic) bond motifs is 1. The maximum absolute atomic E-state index is 10.7. The van der Waals surface area contributed by atoms with Gasteiger partial charge in [0.25, 0.3) is 0 Å². The molecule has 0 aliphatic rings. The number of aryl methyl sites for hydroxylation is 2. The van der Waals surface area contributed by atoms with Crippen LogP contribution in [0.15, 0.2) is 12.3 Å². The lowest BCUT2D eigenvalue weighted by atomic mass is 10.3. The molecule has 0 bridgehead atoms. The summed E-state index contributed by atoms with van der Waals surface area (Å²) in [4.78, 5) is 19.4. The van der Waals surface area contributed by atoms with Crippen molar-refractivity contribution in [1.29, 1.82) is 0 Å². The molecule has 0 spiro atoms. The highest BCUT2D eigenvalue weighted by Crippen LogP contribution is 2.19. The first-order valence-corrected chi connectivity index (χ1v) is 6.22. The number of aromatic nitrogens is 3. The van der Waals surface area contributed by atoms with Gasteiger partial charge in [-0.3, -0.25) is 4.79 Å². The van der Waals surface area contributed by atoms with E-state index in [-0.39, 0.29) is 6.42 Å². The average Bonchev–Trinajstić information content (AvgIpc) is 2.63. The number of imidazole rings is 1. The van der Waals surface area contributed by atoms with Crippen molar-refractivity contribution in [2.75, 3.05) is 0 Å². The van der Waals surface area contributed by atoms with Gasteiger partial charge in [0.05, 0.1) is 11.4 Å². The van der Waals surface area contributed by atoms with Gasteiger partial charge in [0.1, 0.15) is 11.3 Å². The van der Waals surface area contributed by atoms with Crippen LogP contribution in [0.1, 0.15) is 25.6 Å². The average molecular weight is 268 g/mol. The third-order valence-electron chi connectivity index (χ3n) is 2.65. The fourth-order valence-corrected chi connectivity index (χ4v) is 2.04. The highest BCUT2D eigenvalue weighted by molar-refractivity contribution is 6.31. The van der Waals surface area contributed by atoms with Crippen LogP contribution in [0.5, 0.6) is 0 Å². The van der Waals surface area contributed by atoms with Gasteiger partial charge in [0.15, 0.2) is 5.65 Å². The van der Waals surface area contributed by atoms with Crippen LogP contribution in [0, 0.1) is 0 Å². The lowest BCUT2D eigenvalue weighted by molar-refractivity contribution is -0.137. The van der Waals surface area contributed by atoms with Crippen molar-refractivity contribution in [2.24, 2.45) is 0 Å². The van der Waals surface area contributed by atoms with Gasteiger partial charge in [-0.25, -0.2) is 9.97 Å². The van der Waals surface area contributed by atoms with E-state index >= 15 is 0 Å². The highest BCUT2D eigenvalue weighted by Gasteiger charge is 2.12. The lowest BCUT2D eigenvalue weighted by Gasteiger charge is -2.05. The SMILES string of the molecule is CCCc1nc2cc(Cl)cnc2n1CCC(=O)O. The molecule has 0 atom stereocenters. The number of nitrogens with zero attached hydrogens (tertiary/aromatic N) is 3. The van der Waals surface area contributed by atoms with E-state index in [1.54, 1.807) is 12.3 Å². The minimum Gasteiger partial charge on any atom is -0.481 e. The monoisotopic (exact) mass is 267 g/mol. The largest absolute Gasteiger partial charge is 0.481 e. The molecular weight excluding hydrogens is 254 g/mol. The van der Waals surface area contributed by atoms with E-state index in [0.29, 0.717) is 17.2 Å². The normalized spacial score (nSPS) is 11.0. The zero-order chi connectivity index (χ0) is 13.1. The lowest BCUT2D eigenvalue weighted by Crippen LogP contribution is -2.08. The van der Waals surface area contributed by atoms with E-state index in [4.69, 9.17) is 16.7 Å². The van der Waals surface area contributed by atoms with Gasteiger partial charge in [0.2, 0.25) is 0 Å². The first kappa shape index (κ1) is 12.8. The Hall–Kier alpha value is -1.62. The van der Waals surface area contributed by atoms with Crippen molar-refractivity contribution in [3.8, 4) is 0 Å². The zero-order valence-corrected chi connectivity index (χ0v) is 10.8. The Bertz CT molecular complexity index is 580. The minimum atomic E-state index is -0.826. The third-order valence-corrected chi connectivity index (χ3v) is 2.86. The van der Waals surface area contributed by atoms with Crippen molar-refractivity contribution in [1.82, 2.24) is 14.5 Å². The molecule has 0 amide bonds. The highest BCUT2D eigenvalue weighted by atomic mass is 35.5. The summed E-state index contributed by atoms with van der Waals surface area (Å²) in [5, 5.41) is 9.31. The van der Waals surface area contributed by atoms with Gasteiger partial charge in [-0.15, -0.1) is 0 Å². The molecule has 0 aliphatic heterocycles. The second-order valence-electron chi connectivity index (χ2n) is 4.07. The Morgan fingerprint density at radius 3 is 3.00 bits per heavy atom. The summed E-state index contributed by atoms with van der Waals surface area (Å²) in [6.45, 7) is 2.44. The minimum absolute atomic E-state index is 0.0620. The second-order valence-corrected chi connectivity index (χ2v) is 4.51. The molecule has 0 unspecified atom stereocenters. The summed E-state index contributed by atoms with van der Waals surface area (Å²) >= 11 is 5.88. The maximum atomic E-state index is 10.7. The molecule has 6 heteroatoms. The van der Waals surface area contributed by atoms with Gasteiger partial charge >= 0.3 is 5.97 Å². The molecule has 0 saturated heterocycles. The van der Waals surface area contributed by atoms with Gasteiger partial charge in [0, 0.05) is 19.2 Å². The number of aliphatic carboxylic acids is 1. The summed E-state index contributed by atoms with van der Waals surface area (Å²) < 4.78 is 1.86. The fourth-order valence-electron chi connectivity index (χ4n) is 1.89. The van der Waals surface area contributed by atoms with Crippen LogP contribution in [-0.4, -0.2) is 25.6 Å². The number of carbonyl (C=O) groups is 1. The third kappa shape index (κ3) is 2.61. The molecule has 18 heavy (non-hydrogen) atoms. The first-order chi connectivity index (χ1) is 8.61. The number of carboxylic acid groups (broad SMARTS) is 1. The summed E-state index contributed by atoms with van der Waals surface area (Å²) in [5.74, 6) is 0.0387. The van der Waals surface area contributed by atoms with E-state index < -0.39 is 5.97 Å². The molecular formula is C12H14ClN3O2. The van der Waals surface area contributed by atoms with Gasteiger partial charge in [-0.2, -0.15) is 0 Å². The number of pyridine rings is 1. The number of rotatable bonds is 5. The van der Waals surface area contributed by atoms with Crippen LogP contribution in [0.25, 0.3) is 11.2 Å². The van der Waals surface area contributed by atoms with Gasteiger partial charge in [-0.05, 0) is 12.5 Å². The predicted octanol–water partition coefficient (Wildman–Crippen LogP) is 2.51. The first-order valence-electron chi connectivity index (χ1n) is 5.84. The van der Waals surface area contributed by atoms with Crippen LogP contribution in [0.4, 0.5) is 0 Å². The van der Waals surface area contributed by atoms with Crippen LogP contribution in [0.3, 0.4) is 0 Å². The molecule has 96 valence electrons. The van der Waals surface area contributed by atoms with Crippen LogP contribution >= 0.6 is 11.6 Å². The Morgan fingerprint density at radius 2 is 2.33 bits per heavy atom. The van der Waals surface area contributed by atoms with Crippen LogP contribution < -0.4 is 0 Å². The Kier molecular flexibility index (Phi) is 3.81. The standard InChI is InChI=1S/C12H14ClN3O2/c1-2-3-10-15-9-6-8(13)7-14-12(9)16(10)5-4-11(17)18/h6-7H,2-5H2,1H3,(H,17,18). The smallest absolute Gasteiger partial charge is 0.305 e. The molecule has 0 aliphatic carbocycles. The summed E-state index contributed by atoms with van der Waals surface area (Å²) in [7, 11) is 0. The number of carboxylic acids is 1. The van der Waals surface area contributed by atoms with E-state index in [9.17, 15) is 4.79 Å². The van der Waals surface area contributed by atoms with E-state index in [1.807, 2.05) is 4.57 Å². The second kappa shape index (κ2) is 5.35. The van der Waals surface area contributed by atoms with E-state index in [0.717, 1.165) is 24.2 Å². The summed E-state index contributed by atoms with van der Waals surface area (Å²) in [5.41, 5.74) is 1.42. The molecule has 0 aromatic carbocycles. The zero-order valence-electron chi connectivity index (χ0n) is 10.1. The molecule has 2 aromatic heterocycles. The Morgan fingerprint density at radius 1 is 1.56 bits per heavy atom. The van der Waals surface area contributed by atoms with Crippen molar-refractivity contribution in [3.63, 3.8) is 0 Å². The molecule has 2 rings (SSSR count). The number of hydrogen-bond acceptors (Lipinski definition) is 3. The van der Waals surface area contributed by atoms with Crippen LogP contribution in [0.2, 0.25) is 5.02 Å². The number of hydrogen-bond donors (Lipinski definition) is 1. The maximum Gasteiger partial charge on any atom is 0.305 e. The molecule has 0 radical (unpaired) electrons. The Labute approximate surface area is 109 Å². The fraction of sp³-hybridized carbons (Fsp3) is 0.417. The van der Waals surface area contributed by atoms with Crippen molar-refractivity contribution in [3.05, 3.63) is 23.1 Å². The van der Waals surface area contributed by atoms with Crippen molar-refractivity contribution < 1.29 is 9.90 Å². The molecule has 5 nitrogen and oxygen atoms in total. The van der Waals surface area contributed by atoms with Gasteiger partial charge in [-0.1, -0.05) is 18.5 Å². The van der Waals surface area contributed by atoms with Crippen LogP contribution in [-0.2, 0) is 17.8 Å². The summed E-state index contributed by atoms with van der Waals surface area (Å²) in [6.07, 6.45) is 3.36. The van der Waals surface area contributed by atoms with E-state index in [1.165, 1.54) is 0 Å². The van der Waals surface area contributed by atoms with Crippen molar-refractivity contribution >= 4 is 28.7 Å². The molecule has 0 fully saturated rings. The van der Waals surface area contributed by atoms with Gasteiger partial charge < -0.3 is 9.67 Å². The molecule has 2 aromatic rings. The van der Waals surface area contributed by atoms with Crippen molar-refractivity contribution in [2.45, 2.75) is 32.7 Å². The Balaban J connectivity index is 2.44. The molecule has 0 saturated carbocycles.